The molecule has 0 heterocycles. The third kappa shape index (κ3) is 4.91. The molecule has 0 bridgehead atoms. The van der Waals surface area contributed by atoms with Crippen molar-refractivity contribution in [2.75, 3.05) is 6.61 Å². The number of benzene rings is 2. The maximum Gasteiger partial charge on any atom is 0.311 e. The van der Waals surface area contributed by atoms with Crippen LogP contribution in [0, 0.1) is 5.82 Å². The Bertz CT molecular complexity index is 576. The Balaban J connectivity index is 1.81. The fourth-order valence-corrected chi connectivity index (χ4v) is 1.85. The van der Waals surface area contributed by atoms with Crippen LogP contribution in [0.2, 0.25) is 0 Å². The molecule has 0 aliphatic heterocycles. The van der Waals surface area contributed by atoms with Crippen LogP contribution in [0.25, 0.3) is 0 Å². The van der Waals surface area contributed by atoms with Gasteiger partial charge in [0, 0.05) is 6.42 Å². The average molecular weight is 288 g/mol. The molecule has 0 aliphatic carbocycles. The molecule has 0 saturated carbocycles. The van der Waals surface area contributed by atoms with Gasteiger partial charge in [-0.25, -0.2) is 4.39 Å². The number of hydrogen-bond donors (Lipinski definition) is 0. The highest BCUT2D eigenvalue weighted by Gasteiger charge is 2.06. The molecule has 0 amide bonds. The second-order valence-corrected chi connectivity index (χ2v) is 4.50. The van der Waals surface area contributed by atoms with Crippen molar-refractivity contribution in [2.45, 2.75) is 19.8 Å². The Kier molecular flexibility index (Phi) is 5.32. The lowest BCUT2D eigenvalue weighted by molar-refractivity contribution is -0.134. The Morgan fingerprint density at radius 3 is 2.24 bits per heavy atom. The Labute approximate surface area is 123 Å². The summed E-state index contributed by atoms with van der Waals surface area (Å²) in [5.41, 5.74) is 1.04. The third-order valence-corrected chi connectivity index (χ3v) is 2.90. The van der Waals surface area contributed by atoms with Crippen LogP contribution < -0.4 is 9.47 Å². The van der Waals surface area contributed by atoms with E-state index in [4.69, 9.17) is 9.47 Å². The van der Waals surface area contributed by atoms with E-state index in [1.165, 1.54) is 24.3 Å². The SMILES string of the molecule is CCOc1ccc(CCC(=O)Oc2ccc(F)cc2)cc1. The highest BCUT2D eigenvalue weighted by molar-refractivity contribution is 5.72. The lowest BCUT2D eigenvalue weighted by Gasteiger charge is -2.06. The number of carbonyl (C=O) groups is 1. The van der Waals surface area contributed by atoms with Crippen LogP contribution in [0.3, 0.4) is 0 Å². The molecule has 4 heteroatoms. The quantitative estimate of drug-likeness (QED) is 0.599. The van der Waals surface area contributed by atoms with Crippen molar-refractivity contribution in [2.24, 2.45) is 0 Å². The highest BCUT2D eigenvalue weighted by Crippen LogP contribution is 2.15. The topological polar surface area (TPSA) is 35.5 Å². The van der Waals surface area contributed by atoms with Gasteiger partial charge in [-0.05, 0) is 55.3 Å². The van der Waals surface area contributed by atoms with E-state index in [9.17, 15) is 9.18 Å². The van der Waals surface area contributed by atoms with Gasteiger partial charge in [0.1, 0.15) is 17.3 Å². The standard InChI is InChI=1S/C17H17FO3/c1-2-20-15-8-3-13(4-9-15)5-12-17(19)21-16-10-6-14(18)7-11-16/h3-4,6-11H,2,5,12H2,1H3. The molecule has 21 heavy (non-hydrogen) atoms. The molecular formula is C17H17FO3. The minimum absolute atomic E-state index is 0.269. The molecular weight excluding hydrogens is 271 g/mol. The first-order chi connectivity index (χ1) is 10.2. The molecule has 0 unspecified atom stereocenters. The molecule has 0 fully saturated rings. The Hall–Kier alpha value is -2.36. The summed E-state index contributed by atoms with van der Waals surface area (Å²) in [6.45, 7) is 2.56. The number of carbonyl (C=O) groups excluding carboxylic acids is 1. The lowest BCUT2D eigenvalue weighted by Crippen LogP contribution is -2.09. The van der Waals surface area contributed by atoms with Crippen LogP contribution in [-0.4, -0.2) is 12.6 Å². The molecule has 0 radical (unpaired) electrons. The van der Waals surface area contributed by atoms with Crippen molar-refractivity contribution in [3.05, 3.63) is 59.9 Å². The van der Waals surface area contributed by atoms with Crippen LogP contribution in [0.1, 0.15) is 18.9 Å². The van der Waals surface area contributed by atoms with E-state index in [0.717, 1.165) is 11.3 Å². The minimum atomic E-state index is -0.357. The summed E-state index contributed by atoms with van der Waals surface area (Å²) in [6, 6.07) is 13.0. The van der Waals surface area contributed by atoms with Crippen molar-refractivity contribution >= 4 is 5.97 Å². The predicted molar refractivity (Wildman–Crippen MR) is 78.0 cm³/mol. The third-order valence-electron chi connectivity index (χ3n) is 2.90. The van der Waals surface area contributed by atoms with Crippen LogP contribution in [-0.2, 0) is 11.2 Å². The molecule has 0 saturated heterocycles. The van der Waals surface area contributed by atoms with Gasteiger partial charge in [-0.3, -0.25) is 4.79 Å². The molecule has 0 N–H and O–H groups in total. The highest BCUT2D eigenvalue weighted by atomic mass is 19.1. The normalized spacial score (nSPS) is 10.2. The van der Waals surface area contributed by atoms with E-state index < -0.39 is 0 Å². The monoisotopic (exact) mass is 288 g/mol. The van der Waals surface area contributed by atoms with Crippen molar-refractivity contribution in [3.63, 3.8) is 0 Å². The summed E-state index contributed by atoms with van der Waals surface area (Å²) in [5, 5.41) is 0. The zero-order chi connectivity index (χ0) is 15.1. The first-order valence-corrected chi connectivity index (χ1v) is 6.85. The zero-order valence-corrected chi connectivity index (χ0v) is 11.8. The van der Waals surface area contributed by atoms with Gasteiger partial charge >= 0.3 is 5.97 Å². The van der Waals surface area contributed by atoms with Gasteiger partial charge in [-0.15, -0.1) is 0 Å². The number of halogens is 1. The fraction of sp³-hybridized carbons (Fsp3) is 0.235. The smallest absolute Gasteiger partial charge is 0.311 e. The molecule has 0 spiro atoms. The largest absolute Gasteiger partial charge is 0.494 e. The maximum atomic E-state index is 12.7. The van der Waals surface area contributed by atoms with Crippen molar-refractivity contribution in [1.82, 2.24) is 0 Å². The first kappa shape index (κ1) is 15.0. The molecule has 0 atom stereocenters. The van der Waals surface area contributed by atoms with E-state index in [2.05, 4.69) is 0 Å². The number of ether oxygens (including phenoxy) is 2. The van der Waals surface area contributed by atoms with Gasteiger partial charge in [-0.2, -0.15) is 0 Å². The van der Waals surface area contributed by atoms with Gasteiger partial charge in [-0.1, -0.05) is 12.1 Å². The van der Waals surface area contributed by atoms with E-state index in [0.29, 0.717) is 18.8 Å². The van der Waals surface area contributed by atoms with Crippen LogP contribution >= 0.6 is 0 Å². The minimum Gasteiger partial charge on any atom is -0.494 e. The van der Waals surface area contributed by atoms with E-state index in [-0.39, 0.29) is 18.2 Å². The molecule has 2 aromatic rings. The Morgan fingerprint density at radius 2 is 1.62 bits per heavy atom. The van der Waals surface area contributed by atoms with Crippen molar-refractivity contribution < 1.29 is 18.7 Å². The summed E-state index contributed by atoms with van der Waals surface area (Å²) in [5.74, 6) is 0.475. The second-order valence-electron chi connectivity index (χ2n) is 4.50. The maximum absolute atomic E-state index is 12.7. The predicted octanol–water partition coefficient (Wildman–Crippen LogP) is 3.76. The lowest BCUT2D eigenvalue weighted by atomic mass is 10.1. The zero-order valence-electron chi connectivity index (χ0n) is 11.8. The van der Waals surface area contributed by atoms with Gasteiger partial charge in [0.05, 0.1) is 6.61 Å². The van der Waals surface area contributed by atoms with Crippen LogP contribution in [0.5, 0.6) is 11.5 Å². The Morgan fingerprint density at radius 1 is 1.00 bits per heavy atom. The fourth-order valence-electron chi connectivity index (χ4n) is 1.85. The molecule has 0 aromatic heterocycles. The van der Waals surface area contributed by atoms with Crippen molar-refractivity contribution in [3.8, 4) is 11.5 Å². The van der Waals surface area contributed by atoms with Gasteiger partial charge < -0.3 is 9.47 Å². The van der Waals surface area contributed by atoms with Crippen LogP contribution in [0.15, 0.2) is 48.5 Å². The molecule has 0 aliphatic rings. The molecule has 110 valence electrons. The second kappa shape index (κ2) is 7.43. The molecule has 3 nitrogen and oxygen atoms in total. The van der Waals surface area contributed by atoms with Gasteiger partial charge in [0.2, 0.25) is 0 Å². The van der Waals surface area contributed by atoms with E-state index >= 15 is 0 Å². The summed E-state index contributed by atoms with van der Waals surface area (Å²) in [4.78, 5) is 11.7. The van der Waals surface area contributed by atoms with Crippen molar-refractivity contribution in [1.29, 1.82) is 0 Å². The summed E-state index contributed by atoms with van der Waals surface area (Å²) < 4.78 is 23.2. The summed E-state index contributed by atoms with van der Waals surface area (Å²) in [7, 11) is 0. The van der Waals surface area contributed by atoms with E-state index in [1.54, 1.807) is 0 Å². The molecule has 2 aromatic carbocycles. The first-order valence-electron chi connectivity index (χ1n) is 6.85. The van der Waals surface area contributed by atoms with Gasteiger partial charge in [0.15, 0.2) is 0 Å². The number of esters is 1. The number of hydrogen-bond acceptors (Lipinski definition) is 3. The van der Waals surface area contributed by atoms with E-state index in [1.807, 2.05) is 31.2 Å². The number of rotatable bonds is 6. The summed E-state index contributed by atoms with van der Waals surface area (Å²) in [6.07, 6.45) is 0.859. The summed E-state index contributed by atoms with van der Waals surface area (Å²) >= 11 is 0. The number of aryl methyl sites for hydroxylation is 1. The van der Waals surface area contributed by atoms with Crippen LogP contribution in [0.4, 0.5) is 4.39 Å². The molecule has 2 rings (SSSR count). The average Bonchev–Trinajstić information content (AvgIpc) is 2.49. The van der Waals surface area contributed by atoms with Gasteiger partial charge in [0.25, 0.3) is 0 Å².